The second-order valence-electron chi connectivity index (χ2n) is 5.68. The summed E-state index contributed by atoms with van der Waals surface area (Å²) in [4.78, 5) is 26.0. The van der Waals surface area contributed by atoms with E-state index in [9.17, 15) is 9.59 Å². The molecule has 0 atom stereocenters. The van der Waals surface area contributed by atoms with Crippen molar-refractivity contribution in [2.75, 3.05) is 18.1 Å². The number of nitrogens with one attached hydrogen (secondary N) is 1. The van der Waals surface area contributed by atoms with Gasteiger partial charge < -0.3 is 14.8 Å². The zero-order valence-electron chi connectivity index (χ0n) is 15.0. The first kappa shape index (κ1) is 18.8. The number of halogens is 1. The fourth-order valence-electron chi connectivity index (χ4n) is 2.68. The van der Waals surface area contributed by atoms with Crippen molar-refractivity contribution in [2.24, 2.45) is 0 Å². The summed E-state index contributed by atoms with van der Waals surface area (Å²) in [6.45, 7) is 4.78. The van der Waals surface area contributed by atoms with Crippen LogP contribution in [0, 0.1) is 0 Å². The van der Waals surface area contributed by atoms with Crippen LogP contribution in [0.15, 0.2) is 48.2 Å². The SMILES string of the molecule is CCOc1ccc(/C=C2/NC(=O)N(c3ccc(Cl)cc3)C2=O)cc1OCC. The van der Waals surface area contributed by atoms with Crippen LogP contribution in [-0.4, -0.2) is 25.2 Å². The average molecular weight is 387 g/mol. The first-order chi connectivity index (χ1) is 13.0. The number of ether oxygens (including phenoxy) is 2. The van der Waals surface area contributed by atoms with Gasteiger partial charge in [-0.1, -0.05) is 17.7 Å². The van der Waals surface area contributed by atoms with Crippen molar-refractivity contribution in [3.8, 4) is 11.5 Å². The first-order valence-corrected chi connectivity index (χ1v) is 8.93. The largest absolute Gasteiger partial charge is 0.490 e. The lowest BCUT2D eigenvalue weighted by atomic mass is 10.1. The third-order valence-corrected chi connectivity index (χ3v) is 4.09. The molecule has 1 aliphatic rings. The third kappa shape index (κ3) is 4.06. The molecule has 27 heavy (non-hydrogen) atoms. The number of benzene rings is 2. The number of urea groups is 1. The van der Waals surface area contributed by atoms with Crippen molar-refractivity contribution in [3.05, 3.63) is 58.7 Å². The predicted octanol–water partition coefficient (Wildman–Crippen LogP) is 4.23. The van der Waals surface area contributed by atoms with Gasteiger partial charge in [-0.3, -0.25) is 4.79 Å². The number of anilines is 1. The summed E-state index contributed by atoms with van der Waals surface area (Å²) in [6.07, 6.45) is 1.61. The van der Waals surface area contributed by atoms with E-state index in [2.05, 4.69) is 5.32 Å². The Kier molecular flexibility index (Phi) is 5.66. The fraction of sp³-hybridized carbons (Fsp3) is 0.200. The highest BCUT2D eigenvalue weighted by atomic mass is 35.5. The average Bonchev–Trinajstić information content (AvgIpc) is 2.92. The first-order valence-electron chi connectivity index (χ1n) is 8.55. The molecule has 1 saturated heterocycles. The van der Waals surface area contributed by atoms with Crippen LogP contribution in [0.5, 0.6) is 11.5 Å². The van der Waals surface area contributed by atoms with Crippen molar-refractivity contribution in [3.63, 3.8) is 0 Å². The molecule has 3 rings (SSSR count). The molecule has 0 bridgehead atoms. The van der Waals surface area contributed by atoms with Crippen LogP contribution in [0.3, 0.4) is 0 Å². The summed E-state index contributed by atoms with van der Waals surface area (Å²) in [5.74, 6) is 0.778. The Bertz CT molecular complexity index is 893. The van der Waals surface area contributed by atoms with E-state index in [0.29, 0.717) is 41.0 Å². The van der Waals surface area contributed by atoms with Gasteiger partial charge in [0.25, 0.3) is 5.91 Å². The predicted molar refractivity (Wildman–Crippen MR) is 104 cm³/mol. The molecule has 1 heterocycles. The zero-order valence-corrected chi connectivity index (χ0v) is 15.7. The van der Waals surface area contributed by atoms with Gasteiger partial charge in [0.15, 0.2) is 11.5 Å². The molecule has 7 heteroatoms. The topological polar surface area (TPSA) is 67.9 Å². The summed E-state index contributed by atoms with van der Waals surface area (Å²) in [7, 11) is 0. The van der Waals surface area contributed by atoms with E-state index in [-0.39, 0.29) is 5.70 Å². The molecule has 2 aromatic rings. The van der Waals surface area contributed by atoms with Crippen molar-refractivity contribution < 1.29 is 19.1 Å². The smallest absolute Gasteiger partial charge is 0.333 e. The van der Waals surface area contributed by atoms with E-state index in [1.54, 1.807) is 48.5 Å². The summed E-state index contributed by atoms with van der Waals surface area (Å²) >= 11 is 5.87. The van der Waals surface area contributed by atoms with Gasteiger partial charge in [0.1, 0.15) is 5.70 Å². The van der Waals surface area contributed by atoms with Crippen LogP contribution < -0.4 is 19.7 Å². The Morgan fingerprint density at radius 2 is 1.67 bits per heavy atom. The molecule has 0 saturated carbocycles. The molecule has 0 spiro atoms. The second kappa shape index (κ2) is 8.14. The molecule has 1 aliphatic heterocycles. The highest BCUT2D eigenvalue weighted by Gasteiger charge is 2.34. The van der Waals surface area contributed by atoms with E-state index >= 15 is 0 Å². The highest BCUT2D eigenvalue weighted by molar-refractivity contribution is 6.31. The molecular weight excluding hydrogens is 368 g/mol. The van der Waals surface area contributed by atoms with Crippen LogP contribution in [0.4, 0.5) is 10.5 Å². The minimum absolute atomic E-state index is 0.182. The Morgan fingerprint density at radius 1 is 1.00 bits per heavy atom. The Balaban J connectivity index is 1.89. The lowest BCUT2D eigenvalue weighted by Crippen LogP contribution is -2.30. The molecule has 0 aliphatic carbocycles. The van der Waals surface area contributed by atoms with Gasteiger partial charge in [-0.05, 0) is 61.9 Å². The van der Waals surface area contributed by atoms with Gasteiger partial charge >= 0.3 is 6.03 Å². The standard InChI is InChI=1S/C20H19ClN2O4/c1-3-26-17-10-5-13(12-18(17)27-4-2)11-16-19(24)23(20(25)22-16)15-8-6-14(21)7-9-15/h5-12H,3-4H2,1-2H3,(H,22,25)/b16-11+. The monoisotopic (exact) mass is 386 g/mol. The maximum absolute atomic E-state index is 12.7. The molecule has 1 fully saturated rings. The molecule has 0 radical (unpaired) electrons. The molecule has 6 nitrogen and oxygen atoms in total. The molecule has 3 amide bonds. The number of amides is 3. The minimum atomic E-state index is -0.510. The Morgan fingerprint density at radius 3 is 2.33 bits per heavy atom. The third-order valence-electron chi connectivity index (χ3n) is 3.84. The summed E-state index contributed by atoms with van der Waals surface area (Å²) in [6, 6.07) is 11.3. The highest BCUT2D eigenvalue weighted by Crippen LogP contribution is 2.30. The number of nitrogens with zero attached hydrogens (tertiary/aromatic N) is 1. The van der Waals surface area contributed by atoms with Crippen molar-refractivity contribution >= 4 is 35.3 Å². The van der Waals surface area contributed by atoms with E-state index in [0.717, 1.165) is 4.90 Å². The zero-order chi connectivity index (χ0) is 19.4. The second-order valence-corrected chi connectivity index (χ2v) is 6.11. The van der Waals surface area contributed by atoms with Gasteiger partial charge in [-0.25, -0.2) is 9.69 Å². The van der Waals surface area contributed by atoms with Crippen LogP contribution >= 0.6 is 11.6 Å². The number of hydrogen-bond acceptors (Lipinski definition) is 4. The Hall–Kier alpha value is -2.99. The number of carbonyl (C=O) groups is 2. The van der Waals surface area contributed by atoms with Gasteiger partial charge in [-0.2, -0.15) is 0 Å². The van der Waals surface area contributed by atoms with E-state index in [4.69, 9.17) is 21.1 Å². The lowest BCUT2D eigenvalue weighted by molar-refractivity contribution is -0.113. The van der Waals surface area contributed by atoms with E-state index in [1.165, 1.54) is 0 Å². The molecule has 1 N–H and O–H groups in total. The quantitative estimate of drug-likeness (QED) is 0.595. The van der Waals surface area contributed by atoms with E-state index < -0.39 is 11.9 Å². The molecule has 2 aromatic carbocycles. The summed E-state index contributed by atoms with van der Waals surface area (Å²) in [5, 5.41) is 3.13. The molecular formula is C20H19ClN2O4. The van der Waals surface area contributed by atoms with E-state index in [1.807, 2.05) is 13.8 Å². The maximum atomic E-state index is 12.7. The molecule has 0 unspecified atom stereocenters. The van der Waals surface area contributed by atoms with Crippen LogP contribution in [-0.2, 0) is 4.79 Å². The number of imide groups is 1. The maximum Gasteiger partial charge on any atom is 0.333 e. The number of rotatable bonds is 6. The van der Waals surface area contributed by atoms with Crippen molar-refractivity contribution in [1.29, 1.82) is 0 Å². The summed E-state index contributed by atoms with van der Waals surface area (Å²) in [5.41, 5.74) is 1.34. The normalized spacial score (nSPS) is 15.2. The van der Waals surface area contributed by atoms with Crippen molar-refractivity contribution in [2.45, 2.75) is 13.8 Å². The number of hydrogen-bond donors (Lipinski definition) is 1. The van der Waals surface area contributed by atoms with Gasteiger partial charge in [0.2, 0.25) is 0 Å². The molecule has 140 valence electrons. The van der Waals surface area contributed by atoms with Gasteiger partial charge in [0, 0.05) is 5.02 Å². The van der Waals surface area contributed by atoms with Crippen LogP contribution in [0.2, 0.25) is 5.02 Å². The minimum Gasteiger partial charge on any atom is -0.490 e. The number of carbonyl (C=O) groups excluding carboxylic acids is 2. The van der Waals surface area contributed by atoms with Gasteiger partial charge in [0.05, 0.1) is 18.9 Å². The fourth-order valence-corrected chi connectivity index (χ4v) is 2.81. The van der Waals surface area contributed by atoms with Gasteiger partial charge in [-0.15, -0.1) is 0 Å². The van der Waals surface area contributed by atoms with Crippen LogP contribution in [0.1, 0.15) is 19.4 Å². The lowest BCUT2D eigenvalue weighted by Gasteiger charge is -2.12. The summed E-state index contributed by atoms with van der Waals surface area (Å²) < 4.78 is 11.1. The Labute approximate surface area is 162 Å². The molecule has 0 aromatic heterocycles. The van der Waals surface area contributed by atoms with Crippen molar-refractivity contribution in [1.82, 2.24) is 5.32 Å². The van der Waals surface area contributed by atoms with Crippen LogP contribution in [0.25, 0.3) is 6.08 Å².